The fraction of sp³-hybridized carbons (Fsp3) is 0.308. The minimum absolute atomic E-state index is 0. The van der Waals surface area contributed by atoms with Gasteiger partial charge in [-0.3, -0.25) is 0 Å². The van der Waals surface area contributed by atoms with Crippen LogP contribution in [0.15, 0.2) is 30.3 Å². The molecule has 0 spiro atoms. The van der Waals surface area contributed by atoms with Crippen molar-refractivity contribution in [2.45, 2.75) is 13.3 Å². The third-order valence-electron chi connectivity index (χ3n) is 2.48. The number of nitrogens with zero attached hydrogens (tertiary/aromatic N) is 1. The average molecular weight is 269 g/mol. The normalized spacial score (nSPS) is 10.0. The maximum absolute atomic E-state index is 4.70. The molecule has 0 bridgehead atoms. The molecule has 2 rings (SSSR count). The van der Waals surface area contributed by atoms with Gasteiger partial charge in [0.05, 0.1) is 10.7 Å². The first-order chi connectivity index (χ1) is 7.81. The summed E-state index contributed by atoms with van der Waals surface area (Å²) in [6.45, 7) is 3.13. The van der Waals surface area contributed by atoms with Crippen LogP contribution in [-0.4, -0.2) is 18.6 Å². The summed E-state index contributed by atoms with van der Waals surface area (Å²) in [6.07, 6.45) is 1.01. The fourth-order valence-corrected chi connectivity index (χ4v) is 2.61. The number of benzene rings is 1. The van der Waals surface area contributed by atoms with Gasteiger partial charge in [0.2, 0.25) is 0 Å². The molecule has 0 unspecified atom stereocenters. The molecule has 92 valence electrons. The predicted molar refractivity (Wildman–Crippen MR) is 77.2 cm³/mol. The Bertz CT molecular complexity index is 454. The molecule has 0 amide bonds. The summed E-state index contributed by atoms with van der Waals surface area (Å²) in [5, 5.41) is 4.36. The molecular formula is C13H17ClN2S. The Morgan fingerprint density at radius 1 is 1.24 bits per heavy atom. The molecule has 17 heavy (non-hydrogen) atoms. The van der Waals surface area contributed by atoms with Crippen LogP contribution < -0.4 is 5.32 Å². The number of nitrogens with one attached hydrogen (secondary N) is 1. The molecule has 0 radical (unpaired) electrons. The number of halogens is 1. The highest BCUT2D eigenvalue weighted by atomic mass is 35.5. The van der Waals surface area contributed by atoms with E-state index in [1.165, 1.54) is 15.4 Å². The molecule has 4 heteroatoms. The second-order valence-corrected chi connectivity index (χ2v) is 5.02. The van der Waals surface area contributed by atoms with Gasteiger partial charge in [0.25, 0.3) is 0 Å². The molecule has 0 aliphatic rings. The van der Waals surface area contributed by atoms with E-state index in [1.807, 2.05) is 13.1 Å². The van der Waals surface area contributed by atoms with Crippen molar-refractivity contribution in [2.75, 3.05) is 13.6 Å². The number of hydrogen-bond donors (Lipinski definition) is 1. The second-order valence-electron chi connectivity index (χ2n) is 3.73. The molecule has 2 aromatic rings. The maximum atomic E-state index is 4.70. The van der Waals surface area contributed by atoms with Crippen LogP contribution in [0, 0.1) is 6.92 Å². The van der Waals surface area contributed by atoms with Crippen molar-refractivity contribution in [1.82, 2.24) is 10.3 Å². The topological polar surface area (TPSA) is 24.9 Å². The molecule has 1 aromatic heterocycles. The zero-order chi connectivity index (χ0) is 11.4. The lowest BCUT2D eigenvalue weighted by atomic mass is 10.1. The van der Waals surface area contributed by atoms with Gasteiger partial charge in [-0.2, -0.15) is 0 Å². The Hall–Kier alpha value is -0.900. The lowest BCUT2D eigenvalue weighted by molar-refractivity contribution is 0.788. The average Bonchev–Trinajstić information content (AvgIpc) is 2.69. The molecule has 1 heterocycles. The van der Waals surface area contributed by atoms with E-state index in [0.29, 0.717) is 0 Å². The first-order valence-electron chi connectivity index (χ1n) is 5.47. The smallest absolute Gasteiger partial charge is 0.0948 e. The van der Waals surface area contributed by atoms with Gasteiger partial charge in [-0.05, 0) is 14.0 Å². The zero-order valence-electron chi connectivity index (χ0n) is 10.1. The van der Waals surface area contributed by atoms with Gasteiger partial charge in [0.1, 0.15) is 0 Å². The van der Waals surface area contributed by atoms with Gasteiger partial charge in [-0.25, -0.2) is 4.98 Å². The monoisotopic (exact) mass is 268 g/mol. The summed E-state index contributed by atoms with van der Waals surface area (Å²) in [5.41, 5.74) is 2.35. The van der Waals surface area contributed by atoms with Crippen LogP contribution in [0.1, 0.15) is 9.88 Å². The summed E-state index contributed by atoms with van der Waals surface area (Å²) in [4.78, 5) is 6.00. The van der Waals surface area contributed by atoms with Gasteiger partial charge in [0, 0.05) is 23.4 Å². The van der Waals surface area contributed by atoms with Crippen LogP contribution in [0.4, 0.5) is 0 Å². The van der Waals surface area contributed by atoms with E-state index in [0.717, 1.165) is 18.7 Å². The predicted octanol–water partition coefficient (Wildman–Crippen LogP) is 3.30. The summed E-state index contributed by atoms with van der Waals surface area (Å²) in [7, 11) is 1.97. The van der Waals surface area contributed by atoms with Gasteiger partial charge < -0.3 is 5.32 Å². The molecule has 0 aliphatic carbocycles. The zero-order valence-corrected chi connectivity index (χ0v) is 11.7. The summed E-state index contributed by atoms with van der Waals surface area (Å²) in [6, 6.07) is 10.4. The van der Waals surface area contributed by atoms with Gasteiger partial charge in [-0.1, -0.05) is 30.3 Å². The Balaban J connectivity index is 0.00000144. The van der Waals surface area contributed by atoms with Crippen molar-refractivity contribution < 1.29 is 0 Å². The van der Waals surface area contributed by atoms with Crippen LogP contribution in [-0.2, 0) is 6.42 Å². The van der Waals surface area contributed by atoms with Crippen molar-refractivity contribution >= 4 is 23.7 Å². The summed E-state index contributed by atoms with van der Waals surface area (Å²) < 4.78 is 0. The minimum Gasteiger partial charge on any atom is -0.319 e. The maximum Gasteiger partial charge on any atom is 0.0948 e. The van der Waals surface area contributed by atoms with Crippen LogP contribution in [0.3, 0.4) is 0 Å². The molecule has 0 fully saturated rings. The van der Waals surface area contributed by atoms with E-state index >= 15 is 0 Å². The molecule has 0 saturated heterocycles. The second kappa shape index (κ2) is 6.74. The summed E-state index contributed by atoms with van der Waals surface area (Å²) >= 11 is 1.80. The Kier molecular flexibility index (Phi) is 5.62. The molecule has 0 atom stereocenters. The standard InChI is InChI=1S/C13H16N2S.ClH/c1-10-13(11-6-4-3-5-7-11)15-12(16-10)8-9-14-2;/h3-7,14H,8-9H2,1-2H3;1H. The summed E-state index contributed by atoms with van der Waals surface area (Å²) in [5.74, 6) is 0. The largest absolute Gasteiger partial charge is 0.319 e. The van der Waals surface area contributed by atoms with E-state index in [1.54, 1.807) is 11.3 Å². The Morgan fingerprint density at radius 2 is 1.94 bits per heavy atom. The van der Waals surface area contributed by atoms with Crippen LogP contribution in [0.5, 0.6) is 0 Å². The number of hydrogen-bond acceptors (Lipinski definition) is 3. The molecular weight excluding hydrogens is 252 g/mol. The SMILES string of the molecule is CNCCc1nc(-c2ccccc2)c(C)s1.Cl. The molecule has 2 nitrogen and oxygen atoms in total. The first-order valence-corrected chi connectivity index (χ1v) is 6.29. The van der Waals surface area contributed by atoms with Crippen LogP contribution in [0.2, 0.25) is 0 Å². The number of rotatable bonds is 4. The highest BCUT2D eigenvalue weighted by molar-refractivity contribution is 7.12. The van der Waals surface area contributed by atoms with Crippen molar-refractivity contribution in [3.8, 4) is 11.3 Å². The van der Waals surface area contributed by atoms with E-state index in [2.05, 4.69) is 36.5 Å². The van der Waals surface area contributed by atoms with Gasteiger partial charge >= 0.3 is 0 Å². The Labute approximate surface area is 113 Å². The van der Waals surface area contributed by atoms with Crippen molar-refractivity contribution in [3.63, 3.8) is 0 Å². The molecule has 0 aliphatic heterocycles. The lowest BCUT2D eigenvalue weighted by Crippen LogP contribution is -2.09. The van der Waals surface area contributed by atoms with Crippen molar-refractivity contribution in [2.24, 2.45) is 0 Å². The third-order valence-corrected chi connectivity index (χ3v) is 3.51. The van der Waals surface area contributed by atoms with Crippen LogP contribution >= 0.6 is 23.7 Å². The first kappa shape index (κ1) is 14.2. The van der Waals surface area contributed by atoms with E-state index < -0.39 is 0 Å². The molecule has 1 N–H and O–H groups in total. The van der Waals surface area contributed by atoms with Crippen LogP contribution in [0.25, 0.3) is 11.3 Å². The molecule has 1 aromatic carbocycles. The van der Waals surface area contributed by atoms with Gasteiger partial charge in [-0.15, -0.1) is 23.7 Å². The quantitative estimate of drug-likeness (QED) is 0.920. The minimum atomic E-state index is 0. The van der Waals surface area contributed by atoms with E-state index in [4.69, 9.17) is 4.98 Å². The lowest BCUT2D eigenvalue weighted by Gasteiger charge is -1.97. The molecule has 0 saturated carbocycles. The van der Waals surface area contributed by atoms with E-state index in [9.17, 15) is 0 Å². The highest BCUT2D eigenvalue weighted by Crippen LogP contribution is 2.27. The van der Waals surface area contributed by atoms with E-state index in [-0.39, 0.29) is 12.4 Å². The van der Waals surface area contributed by atoms with Gasteiger partial charge in [0.15, 0.2) is 0 Å². The number of likely N-dealkylation sites (N-methyl/N-ethyl adjacent to an activating group) is 1. The number of aromatic nitrogens is 1. The number of thiazole rings is 1. The van der Waals surface area contributed by atoms with Crippen molar-refractivity contribution in [3.05, 3.63) is 40.2 Å². The van der Waals surface area contributed by atoms with Crippen molar-refractivity contribution in [1.29, 1.82) is 0 Å². The highest BCUT2D eigenvalue weighted by Gasteiger charge is 2.08. The number of aryl methyl sites for hydroxylation is 1. The fourth-order valence-electron chi connectivity index (χ4n) is 1.65. The third kappa shape index (κ3) is 3.53. The Morgan fingerprint density at radius 3 is 2.59 bits per heavy atom.